The van der Waals surface area contributed by atoms with E-state index in [1.807, 2.05) is 0 Å². The van der Waals surface area contributed by atoms with Crippen molar-refractivity contribution < 1.29 is 4.74 Å². The molecular weight excluding hydrogens is 240 g/mol. The highest BCUT2D eigenvalue weighted by molar-refractivity contribution is 6.29. The van der Waals surface area contributed by atoms with Crippen LogP contribution in [0.25, 0.3) is 0 Å². The second-order valence-corrected chi connectivity index (χ2v) is 4.60. The van der Waals surface area contributed by atoms with E-state index in [4.69, 9.17) is 22.1 Å². The van der Waals surface area contributed by atoms with Crippen molar-refractivity contribution in [3.8, 4) is 0 Å². The maximum absolute atomic E-state index is 5.82. The van der Waals surface area contributed by atoms with Crippen molar-refractivity contribution >= 4 is 23.1 Å². The van der Waals surface area contributed by atoms with Gasteiger partial charge in [0.15, 0.2) is 5.82 Å². The van der Waals surface area contributed by atoms with E-state index in [1.54, 1.807) is 12.1 Å². The summed E-state index contributed by atoms with van der Waals surface area (Å²) < 4.78 is 5.63. The summed E-state index contributed by atoms with van der Waals surface area (Å²) in [5, 5.41) is 3.61. The zero-order valence-electron chi connectivity index (χ0n) is 9.82. The molecule has 3 N–H and O–H groups in total. The summed E-state index contributed by atoms with van der Waals surface area (Å²) in [5.74, 6) is 0.620. The second-order valence-electron chi connectivity index (χ2n) is 4.21. The third-order valence-electron chi connectivity index (χ3n) is 2.73. The van der Waals surface area contributed by atoms with Crippen LogP contribution in [0.5, 0.6) is 0 Å². The lowest BCUT2D eigenvalue weighted by Gasteiger charge is -2.30. The maximum atomic E-state index is 5.82. The molecule has 1 saturated heterocycles. The van der Waals surface area contributed by atoms with Crippen LogP contribution in [0.3, 0.4) is 0 Å². The van der Waals surface area contributed by atoms with Crippen LogP contribution in [0.4, 0.5) is 11.5 Å². The number of aromatic nitrogens is 1. The first kappa shape index (κ1) is 12.4. The molecule has 0 radical (unpaired) electrons. The highest BCUT2D eigenvalue weighted by Crippen LogP contribution is 2.18. The number of halogens is 1. The molecule has 2 rings (SSSR count). The van der Waals surface area contributed by atoms with Crippen molar-refractivity contribution in [2.24, 2.45) is 0 Å². The Kier molecular flexibility index (Phi) is 4.04. The summed E-state index contributed by atoms with van der Waals surface area (Å²) in [6.45, 7) is 3.34. The fourth-order valence-electron chi connectivity index (χ4n) is 1.79. The summed E-state index contributed by atoms with van der Waals surface area (Å²) in [5.41, 5.74) is 6.39. The lowest BCUT2D eigenvalue weighted by molar-refractivity contribution is -0.0117. The van der Waals surface area contributed by atoms with Crippen LogP contribution < -0.4 is 11.1 Å². The summed E-state index contributed by atoms with van der Waals surface area (Å²) in [4.78, 5) is 6.38. The number of rotatable bonds is 3. The number of anilines is 2. The molecule has 1 aromatic heterocycles. The van der Waals surface area contributed by atoms with E-state index in [0.29, 0.717) is 23.2 Å². The molecule has 2 heterocycles. The van der Waals surface area contributed by atoms with Crippen LogP contribution in [0.15, 0.2) is 12.1 Å². The first-order chi connectivity index (χ1) is 8.15. The topological polar surface area (TPSA) is 63.4 Å². The molecule has 6 heteroatoms. The average Bonchev–Trinajstić information content (AvgIpc) is 2.30. The van der Waals surface area contributed by atoms with Gasteiger partial charge in [0, 0.05) is 19.6 Å². The molecule has 94 valence electrons. The maximum Gasteiger partial charge on any atom is 0.151 e. The van der Waals surface area contributed by atoms with Crippen LogP contribution in [-0.4, -0.2) is 49.3 Å². The molecule has 0 amide bonds. The van der Waals surface area contributed by atoms with E-state index < -0.39 is 0 Å². The molecule has 17 heavy (non-hydrogen) atoms. The van der Waals surface area contributed by atoms with E-state index >= 15 is 0 Å². The Bertz CT molecular complexity index is 388. The molecule has 0 aromatic carbocycles. The van der Waals surface area contributed by atoms with Crippen molar-refractivity contribution in [2.45, 2.75) is 6.10 Å². The number of nitrogens with zero attached hydrogens (tertiary/aromatic N) is 2. The third-order valence-corrected chi connectivity index (χ3v) is 2.94. The van der Waals surface area contributed by atoms with Gasteiger partial charge in [-0.2, -0.15) is 0 Å². The smallest absolute Gasteiger partial charge is 0.151 e. The Morgan fingerprint density at radius 2 is 2.47 bits per heavy atom. The molecule has 0 aliphatic carbocycles. The monoisotopic (exact) mass is 256 g/mol. The number of nitrogens with two attached hydrogens (primary N) is 1. The van der Waals surface area contributed by atoms with E-state index in [2.05, 4.69) is 22.2 Å². The molecule has 1 fully saturated rings. The van der Waals surface area contributed by atoms with Gasteiger partial charge in [0.05, 0.1) is 18.4 Å². The average molecular weight is 257 g/mol. The number of pyridine rings is 1. The van der Waals surface area contributed by atoms with E-state index in [9.17, 15) is 0 Å². The van der Waals surface area contributed by atoms with E-state index in [0.717, 1.165) is 19.7 Å². The number of hydrogen-bond donors (Lipinski definition) is 2. The molecule has 0 spiro atoms. The van der Waals surface area contributed by atoms with Gasteiger partial charge in [-0.1, -0.05) is 11.6 Å². The predicted octanol–water partition coefficient (Wildman–Crippen LogP) is 1.06. The van der Waals surface area contributed by atoms with Crippen molar-refractivity contribution in [2.75, 3.05) is 44.3 Å². The standard InChI is InChI=1S/C11H17ClN4O/c1-16-4-5-17-8(7-16)6-14-11-9(13)2-3-10(12)15-11/h2-3,8H,4-7,13H2,1H3,(H,14,15). The predicted molar refractivity (Wildman–Crippen MR) is 69.4 cm³/mol. The minimum atomic E-state index is 0.161. The van der Waals surface area contributed by atoms with Crippen molar-refractivity contribution in [3.63, 3.8) is 0 Å². The van der Waals surface area contributed by atoms with Crippen LogP contribution in [0.1, 0.15) is 0 Å². The lowest BCUT2D eigenvalue weighted by Crippen LogP contribution is -2.43. The summed E-state index contributed by atoms with van der Waals surface area (Å²) in [7, 11) is 2.08. The number of hydrogen-bond acceptors (Lipinski definition) is 5. The Labute approximate surface area is 106 Å². The van der Waals surface area contributed by atoms with Crippen LogP contribution in [-0.2, 0) is 4.74 Å². The number of nitrogen functional groups attached to an aromatic ring is 1. The molecule has 1 aliphatic rings. The number of morpholine rings is 1. The highest BCUT2D eigenvalue weighted by atomic mass is 35.5. The quantitative estimate of drug-likeness (QED) is 0.792. The molecule has 0 bridgehead atoms. The highest BCUT2D eigenvalue weighted by Gasteiger charge is 2.17. The number of likely N-dealkylation sites (N-methyl/N-ethyl adjacent to an activating group) is 1. The van der Waals surface area contributed by atoms with E-state index in [-0.39, 0.29) is 6.10 Å². The van der Waals surface area contributed by atoms with Gasteiger partial charge in [-0.15, -0.1) is 0 Å². The van der Waals surface area contributed by atoms with Gasteiger partial charge >= 0.3 is 0 Å². The van der Waals surface area contributed by atoms with Crippen molar-refractivity contribution in [1.82, 2.24) is 9.88 Å². The molecule has 1 aliphatic heterocycles. The van der Waals surface area contributed by atoms with Crippen molar-refractivity contribution in [3.05, 3.63) is 17.3 Å². The van der Waals surface area contributed by atoms with Crippen molar-refractivity contribution in [1.29, 1.82) is 0 Å². The minimum Gasteiger partial charge on any atom is -0.396 e. The van der Waals surface area contributed by atoms with Crippen LogP contribution >= 0.6 is 11.6 Å². The Morgan fingerprint density at radius 3 is 3.24 bits per heavy atom. The van der Waals surface area contributed by atoms with E-state index in [1.165, 1.54) is 0 Å². The second kappa shape index (κ2) is 5.53. The van der Waals surface area contributed by atoms with Crippen LogP contribution in [0.2, 0.25) is 5.15 Å². The van der Waals surface area contributed by atoms with Gasteiger partial charge in [0.1, 0.15) is 5.15 Å². The number of ether oxygens (including phenoxy) is 1. The summed E-state index contributed by atoms with van der Waals surface area (Å²) in [6, 6.07) is 3.42. The van der Waals surface area contributed by atoms with Gasteiger partial charge in [0.2, 0.25) is 0 Å². The van der Waals surface area contributed by atoms with Gasteiger partial charge < -0.3 is 20.7 Å². The first-order valence-electron chi connectivity index (χ1n) is 5.61. The zero-order chi connectivity index (χ0) is 12.3. The fraction of sp³-hybridized carbons (Fsp3) is 0.545. The molecule has 5 nitrogen and oxygen atoms in total. The normalized spacial score (nSPS) is 21.4. The number of nitrogens with one attached hydrogen (secondary N) is 1. The summed E-state index contributed by atoms with van der Waals surface area (Å²) in [6.07, 6.45) is 0.161. The Balaban J connectivity index is 1.90. The lowest BCUT2D eigenvalue weighted by atomic mass is 10.3. The molecular formula is C11H17ClN4O. The first-order valence-corrected chi connectivity index (χ1v) is 5.99. The van der Waals surface area contributed by atoms with Crippen LogP contribution in [0, 0.1) is 0 Å². The molecule has 1 atom stereocenters. The molecule has 1 unspecified atom stereocenters. The summed E-state index contributed by atoms with van der Waals surface area (Å²) >= 11 is 5.82. The van der Waals surface area contributed by atoms with Gasteiger partial charge in [0.25, 0.3) is 0 Å². The van der Waals surface area contributed by atoms with Gasteiger partial charge in [-0.25, -0.2) is 4.98 Å². The fourth-order valence-corrected chi connectivity index (χ4v) is 1.94. The zero-order valence-corrected chi connectivity index (χ0v) is 10.6. The Morgan fingerprint density at radius 1 is 1.65 bits per heavy atom. The van der Waals surface area contributed by atoms with Gasteiger partial charge in [-0.3, -0.25) is 0 Å². The largest absolute Gasteiger partial charge is 0.396 e. The molecule has 1 aromatic rings. The third kappa shape index (κ3) is 3.46. The minimum absolute atomic E-state index is 0.161. The Hall–Kier alpha value is -1.04. The SMILES string of the molecule is CN1CCOC(CNc2nc(Cl)ccc2N)C1. The van der Waals surface area contributed by atoms with Gasteiger partial charge in [-0.05, 0) is 19.2 Å². The molecule has 0 saturated carbocycles.